The number of carboxylic acids is 1. The third-order valence-corrected chi connectivity index (χ3v) is 7.11. The molecular formula is C26H31NO2. The first-order valence-electron chi connectivity index (χ1n) is 10.7. The molecule has 1 heterocycles. The van der Waals surface area contributed by atoms with Gasteiger partial charge in [-0.1, -0.05) is 57.5 Å². The Morgan fingerprint density at radius 3 is 2.55 bits per heavy atom. The summed E-state index contributed by atoms with van der Waals surface area (Å²) in [6.07, 6.45) is 10.9. The summed E-state index contributed by atoms with van der Waals surface area (Å²) in [5, 5.41) is 9.49. The first-order valence-corrected chi connectivity index (χ1v) is 10.7. The van der Waals surface area contributed by atoms with Crippen LogP contribution in [-0.4, -0.2) is 16.1 Å². The van der Waals surface area contributed by atoms with Gasteiger partial charge in [-0.25, -0.2) is 4.79 Å². The van der Waals surface area contributed by atoms with Gasteiger partial charge in [0.05, 0.1) is 5.56 Å². The lowest BCUT2D eigenvalue weighted by atomic mass is 9.62. The number of aromatic carboxylic acids is 1. The molecule has 1 N–H and O–H groups in total. The lowest BCUT2D eigenvalue weighted by Crippen LogP contribution is -2.34. The van der Waals surface area contributed by atoms with Gasteiger partial charge in [0.1, 0.15) is 0 Å². The van der Waals surface area contributed by atoms with E-state index in [0.29, 0.717) is 5.92 Å². The normalized spacial score (nSPS) is 23.7. The first kappa shape index (κ1) is 19.9. The highest BCUT2D eigenvalue weighted by molar-refractivity contribution is 5.92. The number of benzene rings is 1. The molecule has 1 saturated carbocycles. The van der Waals surface area contributed by atoms with Crippen LogP contribution in [0.5, 0.6) is 0 Å². The van der Waals surface area contributed by atoms with Crippen LogP contribution in [0, 0.1) is 0 Å². The minimum atomic E-state index is -0.919. The highest BCUT2D eigenvalue weighted by Crippen LogP contribution is 2.48. The Bertz CT molecular complexity index is 984. The van der Waals surface area contributed by atoms with E-state index in [9.17, 15) is 9.90 Å². The van der Waals surface area contributed by atoms with Gasteiger partial charge in [-0.2, -0.15) is 0 Å². The number of aromatic nitrogens is 1. The number of rotatable bonds is 3. The van der Waals surface area contributed by atoms with Gasteiger partial charge in [0.15, 0.2) is 0 Å². The molecule has 3 heteroatoms. The maximum absolute atomic E-state index is 11.6. The first-order chi connectivity index (χ1) is 13.7. The molecule has 0 amide bonds. The van der Waals surface area contributed by atoms with Gasteiger partial charge < -0.3 is 5.11 Å². The van der Waals surface area contributed by atoms with Crippen molar-refractivity contribution in [3.05, 3.63) is 70.0 Å². The molecule has 1 unspecified atom stereocenters. The Morgan fingerprint density at radius 2 is 1.83 bits per heavy atom. The average Bonchev–Trinajstić information content (AvgIpc) is 3.14. The van der Waals surface area contributed by atoms with Crippen LogP contribution in [0.25, 0.3) is 6.08 Å². The summed E-state index contributed by atoms with van der Waals surface area (Å²) >= 11 is 0. The number of hydrogen-bond donors (Lipinski definition) is 1. The third-order valence-electron chi connectivity index (χ3n) is 7.11. The van der Waals surface area contributed by atoms with E-state index < -0.39 is 5.97 Å². The number of carboxylic acid groups (broad SMARTS) is 1. The molecule has 3 nitrogen and oxygen atoms in total. The van der Waals surface area contributed by atoms with Crippen LogP contribution in [0.2, 0.25) is 0 Å². The molecule has 1 atom stereocenters. The highest BCUT2D eigenvalue weighted by atomic mass is 16.4. The van der Waals surface area contributed by atoms with E-state index in [0.717, 1.165) is 24.8 Å². The Hall–Kier alpha value is -2.42. The summed E-state index contributed by atoms with van der Waals surface area (Å²) in [5.74, 6) is -0.548. The van der Waals surface area contributed by atoms with Gasteiger partial charge >= 0.3 is 5.97 Å². The number of allylic oxidation sites excluding steroid dienone is 1. The van der Waals surface area contributed by atoms with Crippen molar-refractivity contribution >= 4 is 12.0 Å². The Labute approximate surface area is 173 Å². The van der Waals surface area contributed by atoms with Gasteiger partial charge in [-0.15, -0.1) is 0 Å². The van der Waals surface area contributed by atoms with E-state index >= 15 is 0 Å². The van der Waals surface area contributed by atoms with Crippen LogP contribution < -0.4 is 0 Å². The summed E-state index contributed by atoms with van der Waals surface area (Å²) in [5.41, 5.74) is 7.16. The lowest BCUT2D eigenvalue weighted by Gasteiger charge is -2.42. The van der Waals surface area contributed by atoms with Gasteiger partial charge in [0.2, 0.25) is 0 Å². The fourth-order valence-electron chi connectivity index (χ4n) is 5.16. The van der Waals surface area contributed by atoms with E-state index in [-0.39, 0.29) is 16.4 Å². The fourth-order valence-corrected chi connectivity index (χ4v) is 5.16. The summed E-state index contributed by atoms with van der Waals surface area (Å²) < 4.78 is 0. The highest BCUT2D eigenvalue weighted by Gasteiger charge is 2.37. The molecule has 152 valence electrons. The minimum Gasteiger partial charge on any atom is -0.478 e. The van der Waals surface area contributed by atoms with E-state index in [4.69, 9.17) is 0 Å². The lowest BCUT2D eigenvalue weighted by molar-refractivity contribution is 0.0696. The van der Waals surface area contributed by atoms with Crippen molar-refractivity contribution in [1.29, 1.82) is 0 Å². The van der Waals surface area contributed by atoms with Gasteiger partial charge in [-0.3, -0.25) is 4.98 Å². The van der Waals surface area contributed by atoms with Gasteiger partial charge in [0, 0.05) is 18.3 Å². The number of hydrogen-bond acceptors (Lipinski definition) is 2. The smallest absolute Gasteiger partial charge is 0.337 e. The molecule has 1 aromatic heterocycles. The minimum absolute atomic E-state index is 0.199. The van der Waals surface area contributed by atoms with Crippen molar-refractivity contribution in [3.8, 4) is 0 Å². The SMILES string of the molecule is CC1(C)CCC(C)(C)c2cc(C3CCCC3=Cc3ccncc3C(=O)O)ccc21. The van der Waals surface area contributed by atoms with Crippen molar-refractivity contribution < 1.29 is 9.90 Å². The second kappa shape index (κ2) is 7.12. The standard InChI is InChI=1S/C26H31NO2/c1-25(2)11-12-26(3,4)23-15-18(8-9-22(23)25)20-7-5-6-17(20)14-19-10-13-27-16-21(19)24(28)29/h8-10,13-16,20H,5-7,11-12H2,1-4H3,(H,28,29). The predicted molar refractivity (Wildman–Crippen MR) is 117 cm³/mol. The number of fused-ring (bicyclic) bond motifs is 1. The van der Waals surface area contributed by atoms with E-state index in [1.165, 1.54) is 41.3 Å². The largest absolute Gasteiger partial charge is 0.478 e. The molecule has 0 bridgehead atoms. The molecule has 0 spiro atoms. The number of nitrogens with zero attached hydrogens (tertiary/aromatic N) is 1. The number of pyridine rings is 1. The Balaban J connectivity index is 1.75. The molecular weight excluding hydrogens is 358 g/mol. The van der Waals surface area contributed by atoms with Gasteiger partial charge in [-0.05, 0) is 71.3 Å². The predicted octanol–water partition coefficient (Wildman–Crippen LogP) is 6.48. The van der Waals surface area contributed by atoms with E-state index in [1.807, 2.05) is 6.07 Å². The molecule has 1 aromatic carbocycles. The second-order valence-electron chi connectivity index (χ2n) is 10.0. The van der Waals surface area contributed by atoms with Crippen molar-refractivity contribution in [1.82, 2.24) is 4.98 Å². The zero-order valence-electron chi connectivity index (χ0n) is 18.0. The summed E-state index contributed by atoms with van der Waals surface area (Å²) in [7, 11) is 0. The van der Waals surface area contributed by atoms with E-state index in [1.54, 1.807) is 6.20 Å². The number of carbonyl (C=O) groups is 1. The Morgan fingerprint density at radius 1 is 1.10 bits per heavy atom. The molecule has 29 heavy (non-hydrogen) atoms. The fraction of sp³-hybridized carbons (Fsp3) is 0.462. The molecule has 2 aromatic rings. The molecule has 2 aliphatic rings. The summed E-state index contributed by atoms with van der Waals surface area (Å²) in [6, 6.07) is 8.93. The maximum atomic E-state index is 11.6. The summed E-state index contributed by atoms with van der Waals surface area (Å²) in [6.45, 7) is 9.45. The zero-order valence-corrected chi connectivity index (χ0v) is 18.0. The average molecular weight is 390 g/mol. The maximum Gasteiger partial charge on any atom is 0.337 e. The quantitative estimate of drug-likeness (QED) is 0.653. The van der Waals surface area contributed by atoms with Crippen LogP contribution in [0.1, 0.15) is 98.3 Å². The van der Waals surface area contributed by atoms with Crippen LogP contribution in [0.4, 0.5) is 0 Å². The van der Waals surface area contributed by atoms with Gasteiger partial charge in [0.25, 0.3) is 0 Å². The monoisotopic (exact) mass is 389 g/mol. The third kappa shape index (κ3) is 3.63. The van der Waals surface area contributed by atoms with Crippen LogP contribution >= 0.6 is 0 Å². The molecule has 0 saturated heterocycles. The van der Waals surface area contributed by atoms with E-state index in [2.05, 4.69) is 57.0 Å². The van der Waals surface area contributed by atoms with Crippen LogP contribution in [-0.2, 0) is 10.8 Å². The molecule has 1 fully saturated rings. The van der Waals surface area contributed by atoms with Crippen molar-refractivity contribution in [2.75, 3.05) is 0 Å². The zero-order chi connectivity index (χ0) is 20.8. The van der Waals surface area contributed by atoms with Crippen molar-refractivity contribution in [3.63, 3.8) is 0 Å². The van der Waals surface area contributed by atoms with Crippen molar-refractivity contribution in [2.24, 2.45) is 0 Å². The molecule has 0 aliphatic heterocycles. The molecule has 0 radical (unpaired) electrons. The second-order valence-corrected chi connectivity index (χ2v) is 10.0. The molecule has 2 aliphatic carbocycles. The Kier molecular flexibility index (Phi) is 4.88. The van der Waals surface area contributed by atoms with Crippen LogP contribution in [0.3, 0.4) is 0 Å². The van der Waals surface area contributed by atoms with Crippen molar-refractivity contribution in [2.45, 2.75) is 76.5 Å². The molecule has 4 rings (SSSR count). The summed E-state index contributed by atoms with van der Waals surface area (Å²) in [4.78, 5) is 15.6. The van der Waals surface area contributed by atoms with Crippen LogP contribution in [0.15, 0.2) is 42.2 Å². The topological polar surface area (TPSA) is 50.2 Å².